The molecule has 0 radical (unpaired) electrons. The van der Waals surface area contributed by atoms with Gasteiger partial charge in [0.15, 0.2) is 0 Å². The first-order valence-electron chi connectivity index (χ1n) is 27.6. The highest BCUT2D eigenvalue weighted by Crippen LogP contribution is 2.29. The summed E-state index contributed by atoms with van der Waals surface area (Å²) in [4.78, 5) is 28.2. The Balaban J connectivity index is 4.48. The van der Waals surface area contributed by atoms with Crippen LogP contribution < -0.4 is 0 Å². The third kappa shape index (κ3) is 37.9. The largest absolute Gasteiger partial charge is 0.465 e. The topological polar surface area (TPSA) is 76.1 Å². The van der Waals surface area contributed by atoms with Gasteiger partial charge in [-0.25, -0.2) is 0 Å². The number of carbonyl (C=O) groups excluding carboxylic acids is 2. The van der Waals surface area contributed by atoms with Crippen LogP contribution in [0.3, 0.4) is 0 Å². The number of esters is 2. The van der Waals surface area contributed by atoms with E-state index in [1.165, 1.54) is 142 Å². The maximum absolute atomic E-state index is 12.8. The lowest BCUT2D eigenvalue weighted by Gasteiger charge is -2.29. The van der Waals surface area contributed by atoms with E-state index in [0.29, 0.717) is 13.2 Å². The minimum atomic E-state index is -0.606. The zero-order valence-electron chi connectivity index (χ0n) is 42.3. The van der Waals surface area contributed by atoms with Gasteiger partial charge in [0.1, 0.15) is 0 Å². The molecule has 2 atom stereocenters. The van der Waals surface area contributed by atoms with Crippen LogP contribution in [0.5, 0.6) is 0 Å². The lowest BCUT2D eigenvalue weighted by molar-refractivity contribution is -0.150. The monoisotopic (exact) mass is 864 g/mol. The highest BCUT2D eigenvalue weighted by atomic mass is 16.5. The van der Waals surface area contributed by atoms with Crippen LogP contribution in [0.15, 0.2) is 0 Å². The van der Waals surface area contributed by atoms with Crippen LogP contribution in [0.2, 0.25) is 0 Å². The molecule has 0 aromatic carbocycles. The molecule has 0 spiro atoms. The summed E-state index contributed by atoms with van der Waals surface area (Å²) in [7, 11) is 0. The van der Waals surface area contributed by atoms with E-state index < -0.39 is 5.60 Å². The third-order valence-electron chi connectivity index (χ3n) is 13.5. The van der Waals surface area contributed by atoms with Crippen LogP contribution >= 0.6 is 0 Å². The summed E-state index contributed by atoms with van der Waals surface area (Å²) >= 11 is 0. The molecule has 61 heavy (non-hydrogen) atoms. The molecule has 0 aliphatic rings. The number of nitrogens with zero attached hydrogens (tertiary/aromatic N) is 1. The molecule has 6 nitrogen and oxygen atoms in total. The van der Waals surface area contributed by atoms with E-state index in [-0.39, 0.29) is 23.8 Å². The van der Waals surface area contributed by atoms with Gasteiger partial charge in [0, 0.05) is 0 Å². The Morgan fingerprint density at radius 2 is 0.705 bits per heavy atom. The number of hydrogen-bond donors (Lipinski definition) is 1. The fourth-order valence-electron chi connectivity index (χ4n) is 9.27. The Labute approximate surface area is 382 Å². The van der Waals surface area contributed by atoms with Crippen molar-refractivity contribution in [1.29, 1.82) is 0 Å². The molecule has 2 unspecified atom stereocenters. The molecule has 0 fully saturated rings. The summed E-state index contributed by atoms with van der Waals surface area (Å²) in [6, 6.07) is 0. The second-order valence-electron chi connectivity index (χ2n) is 19.3. The molecule has 0 heterocycles. The molecule has 0 aromatic heterocycles. The molecule has 1 N–H and O–H groups in total. The Morgan fingerprint density at radius 3 is 1.05 bits per heavy atom. The van der Waals surface area contributed by atoms with Crippen molar-refractivity contribution in [3.63, 3.8) is 0 Å². The summed E-state index contributed by atoms with van der Waals surface area (Å²) in [5.41, 5.74) is -0.606. The zero-order valence-corrected chi connectivity index (χ0v) is 42.3. The summed E-state index contributed by atoms with van der Waals surface area (Å²) < 4.78 is 11.5. The molecule has 0 amide bonds. The number of carbonyl (C=O) groups is 2. The smallest absolute Gasteiger partial charge is 0.308 e. The van der Waals surface area contributed by atoms with Crippen LogP contribution in [0.4, 0.5) is 0 Å². The van der Waals surface area contributed by atoms with Gasteiger partial charge < -0.3 is 19.5 Å². The van der Waals surface area contributed by atoms with Crippen molar-refractivity contribution in [3.05, 3.63) is 0 Å². The minimum absolute atomic E-state index is 0.00661. The van der Waals surface area contributed by atoms with Gasteiger partial charge in [0.05, 0.1) is 30.7 Å². The van der Waals surface area contributed by atoms with E-state index in [2.05, 4.69) is 46.4 Å². The maximum Gasteiger partial charge on any atom is 0.308 e. The van der Waals surface area contributed by atoms with Gasteiger partial charge in [-0.15, -0.1) is 0 Å². The summed E-state index contributed by atoms with van der Waals surface area (Å²) in [6.45, 7) is 17.8. The fourth-order valence-corrected chi connectivity index (χ4v) is 9.27. The van der Waals surface area contributed by atoms with Gasteiger partial charge in [-0.3, -0.25) is 9.59 Å². The Kier molecular flexibility index (Phi) is 44.6. The molecule has 0 saturated carbocycles. The van der Waals surface area contributed by atoms with Crippen molar-refractivity contribution < 1.29 is 24.2 Å². The van der Waals surface area contributed by atoms with Crippen LogP contribution in [0, 0.1) is 11.8 Å². The van der Waals surface area contributed by atoms with Crippen molar-refractivity contribution in [2.75, 3.05) is 32.8 Å². The average molecular weight is 864 g/mol. The first-order valence-corrected chi connectivity index (χ1v) is 27.6. The Bertz CT molecular complexity index is 862. The SMILES string of the molecule is CCCCCCCCCCCCC(CC)C(=O)OCCCCCCC(O)(CCCCCCOC(=O)C(CC)CCCCCCCCCCCC)CCCCN(CCC)CCC. The van der Waals surface area contributed by atoms with Crippen LogP contribution in [0.1, 0.15) is 292 Å². The van der Waals surface area contributed by atoms with Gasteiger partial charge in [0.25, 0.3) is 0 Å². The molecular weight excluding hydrogens is 755 g/mol. The van der Waals surface area contributed by atoms with Crippen molar-refractivity contribution >= 4 is 11.9 Å². The van der Waals surface area contributed by atoms with Gasteiger partial charge in [-0.2, -0.15) is 0 Å². The van der Waals surface area contributed by atoms with E-state index >= 15 is 0 Å². The van der Waals surface area contributed by atoms with Crippen LogP contribution in [0.25, 0.3) is 0 Å². The first-order chi connectivity index (χ1) is 29.8. The van der Waals surface area contributed by atoms with Crippen LogP contribution in [-0.2, 0) is 19.1 Å². The predicted molar refractivity (Wildman–Crippen MR) is 264 cm³/mol. The molecule has 0 aliphatic carbocycles. The third-order valence-corrected chi connectivity index (χ3v) is 13.5. The first kappa shape index (κ1) is 59.9. The summed E-state index contributed by atoms with van der Waals surface area (Å²) in [6.07, 6.45) is 45.3. The quantitative estimate of drug-likeness (QED) is 0.0485. The van der Waals surface area contributed by atoms with Gasteiger partial charge in [0.2, 0.25) is 0 Å². The predicted octanol–water partition coefficient (Wildman–Crippen LogP) is 16.7. The molecule has 0 bridgehead atoms. The van der Waals surface area contributed by atoms with E-state index in [0.717, 1.165) is 129 Å². The number of rotatable bonds is 49. The molecule has 0 rings (SSSR count). The van der Waals surface area contributed by atoms with E-state index in [1.807, 2.05) is 0 Å². The van der Waals surface area contributed by atoms with Crippen LogP contribution in [-0.4, -0.2) is 60.4 Å². The second kappa shape index (κ2) is 45.4. The fraction of sp³-hybridized carbons (Fsp3) is 0.964. The molecule has 0 saturated heterocycles. The lowest BCUT2D eigenvalue weighted by atomic mass is 9.85. The zero-order chi connectivity index (χ0) is 44.9. The van der Waals surface area contributed by atoms with Crippen molar-refractivity contribution in [3.8, 4) is 0 Å². The molecule has 364 valence electrons. The Hall–Kier alpha value is -1.14. The molecule has 0 aromatic rings. The van der Waals surface area contributed by atoms with Gasteiger partial charge >= 0.3 is 11.9 Å². The van der Waals surface area contributed by atoms with Gasteiger partial charge in [-0.05, 0) is 103 Å². The number of unbranched alkanes of at least 4 members (excludes halogenated alkanes) is 25. The molecular formula is C55H109NO5. The van der Waals surface area contributed by atoms with Crippen molar-refractivity contribution in [1.82, 2.24) is 4.90 Å². The average Bonchev–Trinajstić information content (AvgIpc) is 3.25. The van der Waals surface area contributed by atoms with Gasteiger partial charge in [-0.1, -0.05) is 208 Å². The Morgan fingerprint density at radius 1 is 0.393 bits per heavy atom. The lowest BCUT2D eigenvalue weighted by Crippen LogP contribution is -2.30. The number of aliphatic hydroxyl groups is 1. The van der Waals surface area contributed by atoms with Crippen molar-refractivity contribution in [2.45, 2.75) is 298 Å². The maximum atomic E-state index is 12.8. The highest BCUT2D eigenvalue weighted by molar-refractivity contribution is 5.72. The van der Waals surface area contributed by atoms with E-state index in [4.69, 9.17) is 9.47 Å². The standard InChI is InChI=1S/C55H109NO5/c1-7-13-15-17-19-21-23-25-27-33-41-51(11-5)53(57)60-49-39-31-29-35-43-55(59,45-37-38-48-56(46-9-3)47-10-4)44-36-30-32-40-50-61-54(58)52(12-6)42-34-28-26-24-22-20-18-16-14-8-2/h51-52,59H,7-50H2,1-6H3. The van der Waals surface area contributed by atoms with E-state index in [9.17, 15) is 14.7 Å². The summed E-state index contributed by atoms with van der Waals surface area (Å²) in [5, 5.41) is 11.9. The second-order valence-corrected chi connectivity index (χ2v) is 19.3. The van der Waals surface area contributed by atoms with Crippen molar-refractivity contribution in [2.24, 2.45) is 11.8 Å². The minimum Gasteiger partial charge on any atom is -0.465 e. The highest BCUT2D eigenvalue weighted by Gasteiger charge is 2.26. The number of ether oxygens (including phenoxy) is 2. The number of hydrogen-bond acceptors (Lipinski definition) is 6. The molecule has 6 heteroatoms. The molecule has 0 aliphatic heterocycles. The normalized spacial score (nSPS) is 13.7. The summed E-state index contributed by atoms with van der Waals surface area (Å²) in [5.74, 6) is 0.111. The van der Waals surface area contributed by atoms with E-state index in [1.54, 1.807) is 0 Å².